The van der Waals surface area contributed by atoms with Crippen LogP contribution in [0.25, 0.3) is 0 Å². The van der Waals surface area contributed by atoms with Crippen molar-refractivity contribution in [1.29, 1.82) is 0 Å². The molecule has 1 amide bonds. The van der Waals surface area contributed by atoms with E-state index in [-0.39, 0.29) is 16.1 Å². The molecule has 0 saturated carbocycles. The number of hydrogen-bond acceptors (Lipinski definition) is 6. The van der Waals surface area contributed by atoms with Crippen LogP contribution in [-0.2, 0) is 19.4 Å². The van der Waals surface area contributed by atoms with Crippen molar-refractivity contribution in [2.75, 3.05) is 12.0 Å². The highest BCUT2D eigenvalue weighted by Gasteiger charge is 2.66. The van der Waals surface area contributed by atoms with Gasteiger partial charge in [-0.25, -0.2) is 13.2 Å². The van der Waals surface area contributed by atoms with Gasteiger partial charge in [0.1, 0.15) is 17.5 Å². The van der Waals surface area contributed by atoms with Gasteiger partial charge >= 0.3 is 6.09 Å². The van der Waals surface area contributed by atoms with Gasteiger partial charge in [0.2, 0.25) is 0 Å². The molecule has 1 aliphatic carbocycles. The van der Waals surface area contributed by atoms with Crippen LogP contribution in [-0.4, -0.2) is 33.4 Å². The molecule has 4 atom stereocenters. The Balaban J connectivity index is 1.83. The van der Waals surface area contributed by atoms with Gasteiger partial charge in [0.25, 0.3) is 0 Å². The lowest BCUT2D eigenvalue weighted by molar-refractivity contribution is -0.120. The first-order valence-electron chi connectivity index (χ1n) is 12.0. The van der Waals surface area contributed by atoms with Crippen LogP contribution in [0.15, 0.2) is 95.9 Å². The molecule has 0 fully saturated rings. The summed E-state index contributed by atoms with van der Waals surface area (Å²) < 4.78 is 38.2. The Kier molecular flexibility index (Phi) is 6.33. The second-order valence-corrected chi connectivity index (χ2v) is 11.3. The van der Waals surface area contributed by atoms with Crippen LogP contribution in [0.1, 0.15) is 12.5 Å². The summed E-state index contributed by atoms with van der Waals surface area (Å²) in [6.07, 6.45) is 8.20. The zero-order valence-electron chi connectivity index (χ0n) is 20.8. The van der Waals surface area contributed by atoms with Gasteiger partial charge in [-0.3, -0.25) is 9.69 Å². The molecule has 8 heteroatoms. The molecule has 38 heavy (non-hydrogen) atoms. The number of amides is 1. The molecule has 0 saturated heterocycles. The zero-order valence-corrected chi connectivity index (χ0v) is 21.6. The van der Waals surface area contributed by atoms with E-state index in [1.165, 1.54) is 36.3 Å². The highest BCUT2D eigenvalue weighted by Crippen LogP contribution is 2.57. The second-order valence-electron chi connectivity index (χ2n) is 9.21. The predicted octanol–water partition coefficient (Wildman–Crippen LogP) is 4.78. The fourth-order valence-corrected chi connectivity index (χ4v) is 7.94. The Morgan fingerprint density at radius 2 is 1.66 bits per heavy atom. The standard InChI is InChI=1S/C30H25NO6S/c1-4-25-28-20(2)15-18-27(32)30(28,38(34,35)23-13-9-6-10-14-23)24-19-22(36-3)16-17-26(24)31(25)29(33)37-21-11-7-5-8-12-21/h1,5-20,25,28H,2-3H3/t20-,25+,28+,30-/m1/s1. The van der Waals surface area contributed by atoms with Crippen molar-refractivity contribution in [3.63, 3.8) is 0 Å². The molecule has 1 heterocycles. The summed E-state index contributed by atoms with van der Waals surface area (Å²) in [6.45, 7) is 1.79. The van der Waals surface area contributed by atoms with Gasteiger partial charge < -0.3 is 9.47 Å². The molecule has 0 N–H and O–H groups in total. The van der Waals surface area contributed by atoms with Gasteiger partial charge in [-0.05, 0) is 54.5 Å². The lowest BCUT2D eigenvalue weighted by atomic mass is 9.65. The van der Waals surface area contributed by atoms with Crippen LogP contribution in [0.4, 0.5) is 10.5 Å². The number of rotatable bonds is 4. The molecule has 5 rings (SSSR count). The van der Waals surface area contributed by atoms with Crippen molar-refractivity contribution in [2.45, 2.75) is 22.6 Å². The Labute approximate surface area is 221 Å². The number of allylic oxidation sites excluding steroid dienone is 2. The lowest BCUT2D eigenvalue weighted by Gasteiger charge is -2.52. The number of terminal acetylenes is 1. The minimum Gasteiger partial charge on any atom is -0.497 e. The molecule has 0 spiro atoms. The molecule has 7 nitrogen and oxygen atoms in total. The molecule has 3 aromatic carbocycles. The summed E-state index contributed by atoms with van der Waals surface area (Å²) >= 11 is 0. The average molecular weight is 528 g/mol. The summed E-state index contributed by atoms with van der Waals surface area (Å²) in [4.78, 5) is 28.9. The number of carbonyl (C=O) groups excluding carboxylic acids is 2. The van der Waals surface area contributed by atoms with Crippen molar-refractivity contribution >= 4 is 27.4 Å². The molecule has 0 bridgehead atoms. The fraction of sp³-hybridized carbons (Fsp3) is 0.200. The maximum atomic E-state index is 14.6. The largest absolute Gasteiger partial charge is 0.497 e. The van der Waals surface area contributed by atoms with E-state index in [1.54, 1.807) is 73.7 Å². The Hall–Kier alpha value is -4.35. The van der Waals surface area contributed by atoms with E-state index in [0.29, 0.717) is 11.5 Å². The maximum absolute atomic E-state index is 14.6. The number of ether oxygens (including phenoxy) is 2. The van der Waals surface area contributed by atoms with Crippen LogP contribution in [0.2, 0.25) is 0 Å². The van der Waals surface area contributed by atoms with E-state index in [9.17, 15) is 18.0 Å². The van der Waals surface area contributed by atoms with Crippen LogP contribution < -0.4 is 14.4 Å². The summed E-state index contributed by atoms with van der Waals surface area (Å²) in [5.74, 6) is 1.12. The van der Waals surface area contributed by atoms with Gasteiger partial charge in [-0.1, -0.05) is 55.3 Å². The molecule has 0 aromatic heterocycles. The van der Waals surface area contributed by atoms with Crippen LogP contribution in [0.3, 0.4) is 0 Å². The Morgan fingerprint density at radius 3 is 2.29 bits per heavy atom. The number of fused-ring (bicyclic) bond motifs is 3. The normalized spacial score (nSPS) is 24.1. The molecule has 0 unspecified atom stereocenters. The molecule has 0 radical (unpaired) electrons. The summed E-state index contributed by atoms with van der Waals surface area (Å²) in [5.41, 5.74) is 0.282. The number of anilines is 1. The first kappa shape index (κ1) is 25.3. The SMILES string of the molecule is C#C[C@H]1[C@@H]2[C@H](C)C=CC(=O)[C@]2(S(=O)(=O)c2ccccc2)c2cc(OC)ccc2N1C(=O)Oc1ccccc1. The van der Waals surface area contributed by atoms with E-state index >= 15 is 0 Å². The highest BCUT2D eigenvalue weighted by atomic mass is 32.2. The van der Waals surface area contributed by atoms with E-state index < -0.39 is 44.3 Å². The Bertz CT molecular complexity index is 1580. The van der Waals surface area contributed by atoms with Crippen LogP contribution in [0, 0.1) is 24.2 Å². The fourth-order valence-electron chi connectivity index (χ4n) is 5.57. The quantitative estimate of drug-likeness (QED) is 0.454. The minimum atomic E-state index is -4.39. The molecule has 1 aliphatic heterocycles. The molecule has 192 valence electrons. The second kappa shape index (κ2) is 9.51. The van der Waals surface area contributed by atoms with Gasteiger partial charge in [-0.15, -0.1) is 6.42 Å². The van der Waals surface area contributed by atoms with Crippen molar-refractivity contribution in [1.82, 2.24) is 0 Å². The number of sulfone groups is 1. The summed E-state index contributed by atoms with van der Waals surface area (Å²) in [5, 5.41) is 0. The monoisotopic (exact) mass is 527 g/mol. The van der Waals surface area contributed by atoms with Crippen LogP contribution in [0.5, 0.6) is 11.5 Å². The molecule has 3 aromatic rings. The smallest absolute Gasteiger partial charge is 0.420 e. The highest BCUT2D eigenvalue weighted by molar-refractivity contribution is 7.93. The summed E-state index contributed by atoms with van der Waals surface area (Å²) in [7, 11) is -2.94. The molecular formula is C30H25NO6S. The van der Waals surface area contributed by atoms with Crippen LogP contribution >= 0.6 is 0 Å². The summed E-state index contributed by atoms with van der Waals surface area (Å²) in [6, 6.07) is 19.8. The van der Waals surface area contributed by atoms with Crippen molar-refractivity contribution < 1.29 is 27.5 Å². The van der Waals surface area contributed by atoms with E-state index in [4.69, 9.17) is 15.9 Å². The van der Waals surface area contributed by atoms with Gasteiger partial charge in [0.05, 0.1) is 17.7 Å². The lowest BCUT2D eigenvalue weighted by Crippen LogP contribution is -2.64. The third kappa shape index (κ3) is 3.62. The minimum absolute atomic E-state index is 0.0225. The van der Waals surface area contributed by atoms with Gasteiger partial charge in [0, 0.05) is 11.5 Å². The third-order valence-electron chi connectivity index (χ3n) is 7.23. The molecule has 2 aliphatic rings. The molecular weight excluding hydrogens is 502 g/mol. The van der Waals surface area contributed by atoms with Crippen molar-refractivity contribution in [3.8, 4) is 23.8 Å². The third-order valence-corrected chi connectivity index (χ3v) is 9.66. The number of benzene rings is 3. The van der Waals surface area contributed by atoms with Crippen molar-refractivity contribution in [3.05, 3.63) is 96.6 Å². The number of hydrogen-bond donors (Lipinski definition) is 0. The number of ketones is 1. The first-order valence-corrected chi connectivity index (χ1v) is 13.5. The van der Waals surface area contributed by atoms with Gasteiger partial charge in [0.15, 0.2) is 20.4 Å². The number of para-hydroxylation sites is 1. The van der Waals surface area contributed by atoms with Crippen molar-refractivity contribution in [2.24, 2.45) is 11.8 Å². The van der Waals surface area contributed by atoms with E-state index in [2.05, 4.69) is 5.92 Å². The van der Waals surface area contributed by atoms with E-state index in [0.717, 1.165) is 0 Å². The Morgan fingerprint density at radius 1 is 1.00 bits per heavy atom. The van der Waals surface area contributed by atoms with E-state index in [1.807, 2.05) is 0 Å². The van der Waals surface area contributed by atoms with Gasteiger partial charge in [-0.2, -0.15) is 0 Å². The average Bonchev–Trinajstić information content (AvgIpc) is 2.94. The number of methoxy groups -OCH3 is 1. The number of nitrogens with zero attached hydrogens (tertiary/aromatic N) is 1. The zero-order chi connectivity index (χ0) is 27.1. The topological polar surface area (TPSA) is 90.0 Å². The first-order chi connectivity index (χ1) is 18.3. The maximum Gasteiger partial charge on any atom is 0.420 e. The predicted molar refractivity (Wildman–Crippen MR) is 143 cm³/mol. The number of carbonyl (C=O) groups is 2.